The number of hydrogen-bond donors (Lipinski definition) is 1. The Labute approximate surface area is 99.2 Å². The molecule has 0 spiro atoms. The van der Waals surface area contributed by atoms with Gasteiger partial charge in [0.2, 0.25) is 0 Å². The second-order valence-electron chi connectivity index (χ2n) is 4.27. The Kier molecular flexibility index (Phi) is 2.88. The number of benzene rings is 1. The van der Waals surface area contributed by atoms with Gasteiger partial charge in [0.15, 0.2) is 5.83 Å². The molecular weight excluding hydrogens is 221 g/mol. The molecule has 3 nitrogen and oxygen atoms in total. The van der Waals surface area contributed by atoms with E-state index in [4.69, 9.17) is 0 Å². The van der Waals surface area contributed by atoms with Crippen molar-refractivity contribution in [2.45, 2.75) is 19.3 Å². The number of phenolic OH excluding ortho intramolecular Hbond substituents is 1. The van der Waals surface area contributed by atoms with Crippen LogP contribution in [0.2, 0.25) is 0 Å². The molecule has 1 atom stereocenters. The molecular formula is C13H14FNO2. The van der Waals surface area contributed by atoms with Gasteiger partial charge in [-0.15, -0.1) is 0 Å². The van der Waals surface area contributed by atoms with Crippen molar-refractivity contribution in [2.75, 3.05) is 11.4 Å². The number of rotatable bonds is 1. The van der Waals surface area contributed by atoms with Gasteiger partial charge < -0.3 is 10.0 Å². The Morgan fingerprint density at radius 1 is 1.59 bits per heavy atom. The first kappa shape index (κ1) is 11.6. The second-order valence-corrected chi connectivity index (χ2v) is 4.27. The topological polar surface area (TPSA) is 40.5 Å². The van der Waals surface area contributed by atoms with Crippen LogP contribution in [-0.4, -0.2) is 17.6 Å². The van der Waals surface area contributed by atoms with Gasteiger partial charge in [-0.3, -0.25) is 4.79 Å². The van der Waals surface area contributed by atoms with Gasteiger partial charge in [0.05, 0.1) is 5.69 Å². The molecule has 1 N–H and O–H groups in total. The monoisotopic (exact) mass is 235 g/mol. The fourth-order valence-electron chi connectivity index (χ4n) is 2.18. The standard InChI is InChI=1S/C13H14FNO2/c1-8-6-7-15(13(17)9(2)14)12-10(8)4-3-5-11(12)16/h3-5,8,16H,2,6-7H2,1H3. The van der Waals surface area contributed by atoms with Crippen LogP contribution >= 0.6 is 0 Å². The van der Waals surface area contributed by atoms with Gasteiger partial charge in [-0.05, 0) is 24.0 Å². The van der Waals surface area contributed by atoms with E-state index in [2.05, 4.69) is 6.58 Å². The van der Waals surface area contributed by atoms with E-state index in [-0.39, 0.29) is 11.7 Å². The van der Waals surface area contributed by atoms with Gasteiger partial charge in [0.1, 0.15) is 5.75 Å². The van der Waals surface area contributed by atoms with Crippen LogP contribution in [0.5, 0.6) is 5.75 Å². The lowest BCUT2D eigenvalue weighted by Crippen LogP contribution is -2.36. The number of carbonyl (C=O) groups is 1. The van der Waals surface area contributed by atoms with Crippen LogP contribution in [0.25, 0.3) is 0 Å². The van der Waals surface area contributed by atoms with Gasteiger partial charge in [0, 0.05) is 6.54 Å². The number of anilines is 1. The summed E-state index contributed by atoms with van der Waals surface area (Å²) in [6.45, 7) is 5.43. The molecule has 1 heterocycles. The molecule has 0 saturated heterocycles. The van der Waals surface area contributed by atoms with Gasteiger partial charge in [-0.25, -0.2) is 4.39 Å². The van der Waals surface area contributed by atoms with Crippen molar-refractivity contribution in [3.63, 3.8) is 0 Å². The molecule has 0 saturated carbocycles. The summed E-state index contributed by atoms with van der Waals surface area (Å²) in [6.07, 6.45) is 0.746. The summed E-state index contributed by atoms with van der Waals surface area (Å²) < 4.78 is 12.9. The maximum absolute atomic E-state index is 12.9. The SMILES string of the molecule is C=C(F)C(=O)N1CCC(C)c2cccc(O)c21. The molecule has 1 aliphatic heterocycles. The average Bonchev–Trinajstić information content (AvgIpc) is 2.30. The molecule has 90 valence electrons. The smallest absolute Gasteiger partial charge is 0.286 e. The highest BCUT2D eigenvalue weighted by Crippen LogP contribution is 2.41. The largest absolute Gasteiger partial charge is 0.506 e. The van der Waals surface area contributed by atoms with Crippen LogP contribution < -0.4 is 4.90 Å². The van der Waals surface area contributed by atoms with Gasteiger partial charge in [-0.2, -0.15) is 0 Å². The highest BCUT2D eigenvalue weighted by molar-refractivity contribution is 6.05. The van der Waals surface area contributed by atoms with Crippen molar-refractivity contribution >= 4 is 11.6 Å². The van der Waals surface area contributed by atoms with E-state index >= 15 is 0 Å². The lowest BCUT2D eigenvalue weighted by molar-refractivity contribution is -0.116. The van der Waals surface area contributed by atoms with Crippen molar-refractivity contribution in [1.82, 2.24) is 0 Å². The molecule has 1 aromatic carbocycles. The molecule has 4 heteroatoms. The molecule has 1 aromatic rings. The zero-order valence-corrected chi connectivity index (χ0v) is 9.61. The summed E-state index contributed by atoms with van der Waals surface area (Å²) in [5.74, 6) is -1.54. The normalized spacial score (nSPS) is 18.7. The highest BCUT2D eigenvalue weighted by atomic mass is 19.1. The van der Waals surface area contributed by atoms with E-state index in [0.717, 1.165) is 12.0 Å². The third kappa shape index (κ3) is 1.90. The minimum Gasteiger partial charge on any atom is -0.506 e. The number of amides is 1. The quantitative estimate of drug-likeness (QED) is 0.760. The van der Waals surface area contributed by atoms with E-state index in [0.29, 0.717) is 12.2 Å². The van der Waals surface area contributed by atoms with E-state index in [9.17, 15) is 14.3 Å². The van der Waals surface area contributed by atoms with E-state index < -0.39 is 11.7 Å². The molecule has 0 bridgehead atoms. The zero-order valence-electron chi connectivity index (χ0n) is 9.61. The third-order valence-corrected chi connectivity index (χ3v) is 3.11. The van der Waals surface area contributed by atoms with Crippen molar-refractivity contribution in [2.24, 2.45) is 0 Å². The van der Waals surface area contributed by atoms with Gasteiger partial charge in [0.25, 0.3) is 5.91 Å². The predicted molar refractivity (Wildman–Crippen MR) is 63.7 cm³/mol. The Morgan fingerprint density at radius 2 is 2.29 bits per heavy atom. The Morgan fingerprint density at radius 3 is 2.94 bits per heavy atom. The first-order valence-electron chi connectivity index (χ1n) is 5.50. The molecule has 2 rings (SSSR count). The number of aromatic hydroxyl groups is 1. The maximum Gasteiger partial charge on any atom is 0.286 e. The zero-order chi connectivity index (χ0) is 12.6. The lowest BCUT2D eigenvalue weighted by Gasteiger charge is -2.32. The number of carbonyl (C=O) groups excluding carboxylic acids is 1. The van der Waals surface area contributed by atoms with Crippen LogP contribution in [0.4, 0.5) is 10.1 Å². The van der Waals surface area contributed by atoms with Crippen molar-refractivity contribution in [3.05, 3.63) is 36.2 Å². The number of phenols is 1. The van der Waals surface area contributed by atoms with E-state index in [1.165, 1.54) is 11.0 Å². The second kappa shape index (κ2) is 4.20. The van der Waals surface area contributed by atoms with E-state index in [1.807, 2.05) is 13.0 Å². The molecule has 0 radical (unpaired) electrons. The average molecular weight is 235 g/mol. The highest BCUT2D eigenvalue weighted by Gasteiger charge is 2.29. The van der Waals surface area contributed by atoms with Crippen LogP contribution in [-0.2, 0) is 4.79 Å². The van der Waals surface area contributed by atoms with Crippen LogP contribution in [0.15, 0.2) is 30.6 Å². The Balaban J connectivity index is 2.52. The summed E-state index contributed by atoms with van der Waals surface area (Å²) in [5, 5.41) is 9.83. The molecule has 1 amide bonds. The number of halogens is 1. The van der Waals surface area contributed by atoms with Gasteiger partial charge >= 0.3 is 0 Å². The van der Waals surface area contributed by atoms with Crippen LogP contribution in [0.3, 0.4) is 0 Å². The fourth-order valence-corrected chi connectivity index (χ4v) is 2.18. The van der Waals surface area contributed by atoms with Crippen molar-refractivity contribution in [3.8, 4) is 5.75 Å². The minimum absolute atomic E-state index is 0.00338. The molecule has 1 aliphatic rings. The molecule has 0 aliphatic carbocycles. The number of para-hydroxylation sites is 1. The van der Waals surface area contributed by atoms with E-state index in [1.54, 1.807) is 6.07 Å². The van der Waals surface area contributed by atoms with Crippen molar-refractivity contribution < 1.29 is 14.3 Å². The molecule has 0 aromatic heterocycles. The predicted octanol–water partition coefficient (Wildman–Crippen LogP) is 2.72. The Bertz CT molecular complexity index is 484. The summed E-state index contributed by atoms with van der Waals surface area (Å²) >= 11 is 0. The van der Waals surface area contributed by atoms with Crippen LogP contribution in [0.1, 0.15) is 24.8 Å². The lowest BCUT2D eigenvalue weighted by atomic mass is 9.91. The first-order chi connectivity index (χ1) is 8.02. The fraction of sp³-hybridized carbons (Fsp3) is 0.308. The summed E-state index contributed by atoms with van der Waals surface area (Å²) in [4.78, 5) is 12.9. The van der Waals surface area contributed by atoms with Crippen LogP contribution in [0, 0.1) is 0 Å². The number of nitrogens with zero attached hydrogens (tertiary/aromatic N) is 1. The molecule has 17 heavy (non-hydrogen) atoms. The van der Waals surface area contributed by atoms with Gasteiger partial charge in [-0.1, -0.05) is 25.6 Å². The molecule has 0 fully saturated rings. The third-order valence-electron chi connectivity index (χ3n) is 3.11. The molecule has 1 unspecified atom stereocenters. The maximum atomic E-state index is 12.9. The number of fused-ring (bicyclic) bond motifs is 1. The minimum atomic E-state index is -1.01. The summed E-state index contributed by atoms with van der Waals surface area (Å²) in [5.41, 5.74) is 1.28. The Hall–Kier alpha value is -1.84. The summed E-state index contributed by atoms with van der Waals surface area (Å²) in [7, 11) is 0. The first-order valence-corrected chi connectivity index (χ1v) is 5.50. The number of hydrogen-bond acceptors (Lipinski definition) is 2. The summed E-state index contributed by atoms with van der Waals surface area (Å²) in [6, 6.07) is 5.07. The van der Waals surface area contributed by atoms with Crippen molar-refractivity contribution in [1.29, 1.82) is 0 Å².